The first-order valence-electron chi connectivity index (χ1n) is 8.77. The van der Waals surface area contributed by atoms with Crippen molar-refractivity contribution in [1.82, 2.24) is 9.80 Å². The molecule has 0 radical (unpaired) electrons. The van der Waals surface area contributed by atoms with Crippen LogP contribution in [0, 0.1) is 12.3 Å². The Kier molecular flexibility index (Phi) is 5.39. The van der Waals surface area contributed by atoms with Crippen LogP contribution in [-0.2, 0) is 11.3 Å². The molecule has 2 aliphatic rings. The highest BCUT2D eigenvalue weighted by Crippen LogP contribution is 2.39. The van der Waals surface area contributed by atoms with E-state index in [-0.39, 0.29) is 17.9 Å². The van der Waals surface area contributed by atoms with E-state index in [1.807, 2.05) is 16.2 Å². The van der Waals surface area contributed by atoms with E-state index < -0.39 is 0 Å². The third kappa shape index (κ3) is 4.14. The number of carbonyl (C=O) groups is 1. The van der Waals surface area contributed by atoms with Crippen LogP contribution >= 0.6 is 11.3 Å². The summed E-state index contributed by atoms with van der Waals surface area (Å²) >= 11 is 1.89. The molecule has 1 spiro atoms. The molecule has 3 rings (SSSR count). The van der Waals surface area contributed by atoms with Gasteiger partial charge >= 0.3 is 0 Å². The van der Waals surface area contributed by atoms with Gasteiger partial charge in [-0.15, -0.1) is 11.3 Å². The third-order valence-corrected chi connectivity index (χ3v) is 6.24. The Hall–Kier alpha value is -0.910. The summed E-state index contributed by atoms with van der Waals surface area (Å²) < 4.78 is 0. The summed E-state index contributed by atoms with van der Waals surface area (Å²) in [7, 11) is 0. The van der Waals surface area contributed by atoms with E-state index in [9.17, 15) is 4.79 Å². The van der Waals surface area contributed by atoms with Gasteiger partial charge in [0.25, 0.3) is 0 Å². The lowest BCUT2D eigenvalue weighted by Crippen LogP contribution is -2.54. The van der Waals surface area contributed by atoms with Gasteiger partial charge in [0.05, 0.1) is 0 Å². The Morgan fingerprint density at radius 1 is 1.30 bits per heavy atom. The van der Waals surface area contributed by atoms with Crippen LogP contribution in [0.4, 0.5) is 0 Å². The molecule has 3 heterocycles. The second kappa shape index (κ2) is 7.32. The minimum absolute atomic E-state index is 0.167. The van der Waals surface area contributed by atoms with Crippen LogP contribution in [0.2, 0.25) is 0 Å². The van der Waals surface area contributed by atoms with E-state index in [1.165, 1.54) is 29.1 Å². The third-order valence-electron chi connectivity index (χ3n) is 5.25. The Bertz CT molecular complexity index is 545. The fourth-order valence-corrected chi connectivity index (χ4v) is 5.07. The van der Waals surface area contributed by atoms with Crippen molar-refractivity contribution in [3.63, 3.8) is 0 Å². The number of aryl methyl sites for hydroxylation is 1. The normalized spacial score (nSPS) is 26.2. The van der Waals surface area contributed by atoms with E-state index in [4.69, 9.17) is 5.11 Å². The number of aliphatic hydroxyl groups is 1. The molecule has 23 heavy (non-hydrogen) atoms. The van der Waals surface area contributed by atoms with Crippen LogP contribution < -0.4 is 0 Å². The first-order chi connectivity index (χ1) is 11.1. The monoisotopic (exact) mass is 336 g/mol. The molecule has 2 aliphatic heterocycles. The summed E-state index contributed by atoms with van der Waals surface area (Å²) in [5.41, 5.74) is 0.272. The SMILES string of the molecule is Cc1ccc(CN2CCCC3(CCC(=O)N(CCCO)C3)C2)s1. The Morgan fingerprint density at radius 2 is 2.17 bits per heavy atom. The van der Waals surface area contributed by atoms with E-state index in [0.29, 0.717) is 19.4 Å². The van der Waals surface area contributed by atoms with Crippen LogP contribution in [0.5, 0.6) is 0 Å². The van der Waals surface area contributed by atoms with Gasteiger partial charge in [0.1, 0.15) is 0 Å². The molecule has 1 amide bonds. The molecule has 5 heteroatoms. The lowest BCUT2D eigenvalue weighted by atomic mass is 9.73. The number of hydrogen-bond donors (Lipinski definition) is 1. The number of aliphatic hydroxyl groups excluding tert-OH is 1. The minimum atomic E-state index is 0.167. The Balaban J connectivity index is 1.63. The van der Waals surface area contributed by atoms with Gasteiger partial charge in [-0.1, -0.05) is 0 Å². The standard InChI is InChI=1S/C18H28N2O2S/c1-15-4-5-16(23-15)12-19-9-2-7-18(13-19)8-6-17(22)20(14-18)10-3-11-21/h4-5,21H,2-3,6-14H2,1H3. The Morgan fingerprint density at radius 3 is 2.91 bits per heavy atom. The number of likely N-dealkylation sites (tertiary alicyclic amines) is 2. The second-order valence-corrected chi connectivity index (χ2v) is 8.59. The number of amides is 1. The molecule has 0 aromatic carbocycles. The first-order valence-corrected chi connectivity index (χ1v) is 9.58. The van der Waals surface area contributed by atoms with Gasteiger partial charge in [-0.2, -0.15) is 0 Å². The van der Waals surface area contributed by atoms with E-state index in [0.717, 1.165) is 26.1 Å². The zero-order valence-corrected chi connectivity index (χ0v) is 14.9. The summed E-state index contributed by atoms with van der Waals surface area (Å²) in [6, 6.07) is 4.45. The number of piperidine rings is 2. The largest absolute Gasteiger partial charge is 0.396 e. The van der Waals surface area contributed by atoms with Crippen LogP contribution in [0.15, 0.2) is 12.1 Å². The topological polar surface area (TPSA) is 43.8 Å². The van der Waals surface area contributed by atoms with E-state index in [2.05, 4.69) is 24.0 Å². The molecule has 0 saturated carbocycles. The maximum Gasteiger partial charge on any atom is 0.222 e. The second-order valence-electron chi connectivity index (χ2n) is 7.22. The molecular weight excluding hydrogens is 308 g/mol. The van der Waals surface area contributed by atoms with Gasteiger partial charge in [0.15, 0.2) is 0 Å². The molecule has 1 atom stereocenters. The number of rotatable bonds is 5. The van der Waals surface area contributed by atoms with Gasteiger partial charge in [0, 0.05) is 54.4 Å². The van der Waals surface area contributed by atoms with Gasteiger partial charge in [-0.25, -0.2) is 0 Å². The molecule has 4 nitrogen and oxygen atoms in total. The van der Waals surface area contributed by atoms with Crippen molar-refractivity contribution in [1.29, 1.82) is 0 Å². The predicted octanol–water partition coefficient (Wildman–Crippen LogP) is 2.64. The highest BCUT2D eigenvalue weighted by atomic mass is 32.1. The van der Waals surface area contributed by atoms with Gasteiger partial charge in [-0.05, 0) is 51.3 Å². The zero-order chi connectivity index (χ0) is 16.3. The number of thiophene rings is 1. The summed E-state index contributed by atoms with van der Waals surface area (Å²) in [4.78, 5) is 19.5. The Labute approximate surface area is 143 Å². The summed E-state index contributed by atoms with van der Waals surface area (Å²) in [5, 5.41) is 9.05. The molecule has 1 unspecified atom stereocenters. The molecule has 2 saturated heterocycles. The molecule has 1 aromatic heterocycles. The van der Waals surface area contributed by atoms with Crippen LogP contribution in [0.1, 0.15) is 41.9 Å². The summed E-state index contributed by atoms with van der Waals surface area (Å²) in [6.45, 7) is 7.24. The maximum atomic E-state index is 12.1. The van der Waals surface area contributed by atoms with Crippen molar-refractivity contribution in [3.8, 4) is 0 Å². The molecule has 128 valence electrons. The van der Waals surface area contributed by atoms with Gasteiger partial charge in [-0.3, -0.25) is 9.69 Å². The molecule has 1 N–H and O–H groups in total. The number of hydrogen-bond acceptors (Lipinski definition) is 4. The molecule has 0 bridgehead atoms. The van der Waals surface area contributed by atoms with Crippen molar-refractivity contribution in [2.24, 2.45) is 5.41 Å². The molecule has 0 aliphatic carbocycles. The number of carbonyl (C=O) groups excluding carboxylic acids is 1. The van der Waals surface area contributed by atoms with Crippen molar-refractivity contribution < 1.29 is 9.90 Å². The number of nitrogens with zero attached hydrogens (tertiary/aromatic N) is 2. The predicted molar refractivity (Wildman–Crippen MR) is 93.5 cm³/mol. The van der Waals surface area contributed by atoms with E-state index >= 15 is 0 Å². The molecule has 1 aromatic rings. The van der Waals surface area contributed by atoms with Crippen LogP contribution in [-0.4, -0.2) is 53.6 Å². The lowest BCUT2D eigenvalue weighted by molar-refractivity contribution is -0.139. The average Bonchev–Trinajstić information content (AvgIpc) is 2.94. The first kappa shape index (κ1) is 16.9. The quantitative estimate of drug-likeness (QED) is 0.899. The smallest absolute Gasteiger partial charge is 0.222 e. The van der Waals surface area contributed by atoms with Crippen molar-refractivity contribution >= 4 is 17.2 Å². The zero-order valence-electron chi connectivity index (χ0n) is 14.1. The maximum absolute atomic E-state index is 12.1. The summed E-state index contributed by atoms with van der Waals surface area (Å²) in [5.74, 6) is 0.273. The fraction of sp³-hybridized carbons (Fsp3) is 0.722. The van der Waals surface area contributed by atoms with Crippen molar-refractivity contribution in [2.75, 3.05) is 32.8 Å². The highest BCUT2D eigenvalue weighted by Gasteiger charge is 2.41. The lowest BCUT2D eigenvalue weighted by Gasteiger charge is -2.48. The molecule has 2 fully saturated rings. The van der Waals surface area contributed by atoms with Crippen LogP contribution in [0.25, 0.3) is 0 Å². The minimum Gasteiger partial charge on any atom is -0.396 e. The highest BCUT2D eigenvalue weighted by molar-refractivity contribution is 7.11. The van der Waals surface area contributed by atoms with Crippen molar-refractivity contribution in [3.05, 3.63) is 21.9 Å². The summed E-state index contributed by atoms with van der Waals surface area (Å²) in [6.07, 6.45) is 4.86. The van der Waals surface area contributed by atoms with Crippen molar-refractivity contribution in [2.45, 2.75) is 45.6 Å². The van der Waals surface area contributed by atoms with Crippen LogP contribution in [0.3, 0.4) is 0 Å². The fourth-order valence-electron chi connectivity index (χ4n) is 4.14. The van der Waals surface area contributed by atoms with E-state index in [1.54, 1.807) is 0 Å². The van der Waals surface area contributed by atoms with Gasteiger partial charge < -0.3 is 10.0 Å². The average molecular weight is 337 g/mol. The molecular formula is C18H28N2O2S. The van der Waals surface area contributed by atoms with Gasteiger partial charge in [0.2, 0.25) is 5.91 Å².